The van der Waals surface area contributed by atoms with Crippen LogP contribution in [0.25, 0.3) is 0 Å². The van der Waals surface area contributed by atoms with Crippen molar-refractivity contribution in [1.82, 2.24) is 0 Å². The van der Waals surface area contributed by atoms with Crippen molar-refractivity contribution in [3.63, 3.8) is 0 Å². The Morgan fingerprint density at radius 1 is 0.867 bits per heavy atom. The molecule has 0 aliphatic heterocycles. The van der Waals surface area contributed by atoms with Crippen LogP contribution in [0.15, 0.2) is 0 Å². The minimum Gasteiger partial charge on any atom is -0.309 e. The molecule has 1 atom stereocenters. The SMILES string of the molecule is N#CCC(N)(C#N)C(C#N)(C#N)C#N.[Na]. The molecule has 0 aromatic heterocycles. The standard InChI is InChI=1S/C8H4N6.Na/c9-2-1-8(14,6-13)7(3-10,4-11)5-12;/h1,14H2;. The molecule has 0 saturated heterocycles. The predicted molar refractivity (Wildman–Crippen MR) is 47.8 cm³/mol. The van der Waals surface area contributed by atoms with E-state index < -0.39 is 17.4 Å². The Balaban J connectivity index is 0. The zero-order valence-electron chi connectivity index (χ0n) is 8.02. The van der Waals surface area contributed by atoms with Gasteiger partial charge in [0, 0.05) is 29.6 Å². The minimum atomic E-state index is -2.31. The van der Waals surface area contributed by atoms with Gasteiger partial charge in [-0.2, -0.15) is 26.3 Å². The largest absolute Gasteiger partial charge is 0.309 e. The summed E-state index contributed by atoms with van der Waals surface area (Å²) in [6.07, 6.45) is -0.557. The topological polar surface area (TPSA) is 145 Å². The summed E-state index contributed by atoms with van der Waals surface area (Å²) in [5.41, 5.74) is 0.976. The summed E-state index contributed by atoms with van der Waals surface area (Å²) >= 11 is 0. The van der Waals surface area contributed by atoms with Crippen LogP contribution < -0.4 is 5.73 Å². The van der Waals surface area contributed by atoms with Crippen LogP contribution in [0.2, 0.25) is 0 Å². The Kier molecular flexibility index (Phi) is 6.35. The van der Waals surface area contributed by atoms with Gasteiger partial charge in [0.15, 0.2) is 5.54 Å². The summed E-state index contributed by atoms with van der Waals surface area (Å²) in [4.78, 5) is 0. The average molecular weight is 207 g/mol. The van der Waals surface area contributed by atoms with E-state index in [0.717, 1.165) is 0 Å². The molecule has 0 rings (SSSR count). The van der Waals surface area contributed by atoms with E-state index in [-0.39, 0.29) is 29.6 Å². The Hall–Kier alpha value is -1.59. The van der Waals surface area contributed by atoms with Crippen LogP contribution in [0.3, 0.4) is 0 Å². The molecule has 0 amide bonds. The van der Waals surface area contributed by atoms with Crippen LogP contribution in [-0.4, -0.2) is 35.1 Å². The summed E-state index contributed by atoms with van der Waals surface area (Å²) in [5.74, 6) is 0. The molecular weight excluding hydrogens is 203 g/mol. The van der Waals surface area contributed by atoms with Crippen molar-refractivity contribution in [2.24, 2.45) is 11.1 Å². The molecule has 15 heavy (non-hydrogen) atoms. The number of hydrogen-bond acceptors (Lipinski definition) is 6. The molecule has 0 fully saturated rings. The van der Waals surface area contributed by atoms with Gasteiger partial charge in [0.05, 0.1) is 18.6 Å². The molecular formula is C8H4N6Na. The molecule has 0 heterocycles. The molecule has 0 aromatic carbocycles. The Morgan fingerprint density at radius 2 is 1.27 bits per heavy atom. The molecule has 0 spiro atoms. The first-order valence-electron chi connectivity index (χ1n) is 3.36. The fourth-order valence-electron chi connectivity index (χ4n) is 0.755. The third-order valence-electron chi connectivity index (χ3n) is 1.73. The van der Waals surface area contributed by atoms with Crippen molar-refractivity contribution in [1.29, 1.82) is 26.3 Å². The second-order valence-corrected chi connectivity index (χ2v) is 2.50. The van der Waals surface area contributed by atoms with E-state index in [1.165, 1.54) is 24.3 Å². The van der Waals surface area contributed by atoms with E-state index in [9.17, 15) is 0 Å². The maximum atomic E-state index is 8.67. The van der Waals surface area contributed by atoms with Crippen LogP contribution in [0.4, 0.5) is 0 Å². The fourth-order valence-corrected chi connectivity index (χ4v) is 0.755. The molecule has 0 aliphatic rings. The fraction of sp³-hybridized carbons (Fsp3) is 0.375. The van der Waals surface area contributed by atoms with E-state index in [1.54, 1.807) is 6.07 Å². The second kappa shape index (κ2) is 6.00. The first-order valence-corrected chi connectivity index (χ1v) is 3.36. The van der Waals surface area contributed by atoms with Gasteiger partial charge < -0.3 is 5.73 Å². The van der Waals surface area contributed by atoms with Gasteiger partial charge in [0.25, 0.3) is 5.41 Å². The average Bonchev–Trinajstić information content (AvgIpc) is 2.21. The molecule has 2 N–H and O–H groups in total. The van der Waals surface area contributed by atoms with Gasteiger partial charge in [-0.15, -0.1) is 0 Å². The van der Waals surface area contributed by atoms with Crippen LogP contribution in [0.5, 0.6) is 0 Å². The monoisotopic (exact) mass is 207 g/mol. The van der Waals surface area contributed by atoms with Crippen molar-refractivity contribution in [3.8, 4) is 30.3 Å². The Bertz CT molecular complexity index is 400. The van der Waals surface area contributed by atoms with Crippen molar-refractivity contribution in [3.05, 3.63) is 0 Å². The first kappa shape index (κ1) is 15.9. The zero-order chi connectivity index (χ0) is 11.2. The van der Waals surface area contributed by atoms with Gasteiger partial charge in [-0.3, -0.25) is 0 Å². The van der Waals surface area contributed by atoms with Crippen molar-refractivity contribution in [2.45, 2.75) is 12.0 Å². The molecule has 7 heteroatoms. The summed E-state index contributed by atoms with van der Waals surface area (Å²) < 4.78 is 0. The van der Waals surface area contributed by atoms with Gasteiger partial charge in [-0.25, -0.2) is 0 Å². The maximum absolute atomic E-state index is 8.67. The van der Waals surface area contributed by atoms with Gasteiger partial charge >= 0.3 is 0 Å². The van der Waals surface area contributed by atoms with E-state index in [2.05, 4.69) is 0 Å². The predicted octanol–water partition coefficient (Wildman–Crippen LogP) is -0.702. The Labute approximate surface area is 109 Å². The van der Waals surface area contributed by atoms with Crippen molar-refractivity contribution in [2.75, 3.05) is 0 Å². The molecule has 1 radical (unpaired) electrons. The quantitative estimate of drug-likeness (QED) is 0.592. The van der Waals surface area contributed by atoms with E-state index in [1.807, 2.05) is 0 Å². The van der Waals surface area contributed by atoms with Gasteiger partial charge in [-0.05, 0) is 0 Å². The van der Waals surface area contributed by atoms with E-state index in [0.29, 0.717) is 0 Å². The third kappa shape index (κ3) is 2.45. The maximum Gasteiger partial charge on any atom is 0.260 e. The molecule has 67 valence electrons. The summed E-state index contributed by atoms with van der Waals surface area (Å²) in [6.45, 7) is 0. The summed E-state index contributed by atoms with van der Waals surface area (Å²) in [7, 11) is 0. The molecule has 0 aromatic rings. The number of nitriles is 5. The van der Waals surface area contributed by atoms with Crippen molar-refractivity contribution < 1.29 is 0 Å². The number of nitrogens with zero attached hydrogens (tertiary/aromatic N) is 5. The van der Waals surface area contributed by atoms with Gasteiger partial charge in [-0.1, -0.05) is 0 Å². The third-order valence-corrected chi connectivity index (χ3v) is 1.73. The molecule has 1 unspecified atom stereocenters. The molecule has 0 aliphatic carbocycles. The van der Waals surface area contributed by atoms with Crippen LogP contribution in [-0.2, 0) is 0 Å². The van der Waals surface area contributed by atoms with Crippen LogP contribution in [0, 0.1) is 62.1 Å². The molecule has 0 bridgehead atoms. The van der Waals surface area contributed by atoms with Gasteiger partial charge in [0.2, 0.25) is 0 Å². The van der Waals surface area contributed by atoms with E-state index >= 15 is 0 Å². The number of hydrogen-bond donors (Lipinski definition) is 1. The first-order chi connectivity index (χ1) is 6.55. The van der Waals surface area contributed by atoms with E-state index in [4.69, 9.17) is 32.0 Å². The van der Waals surface area contributed by atoms with Crippen molar-refractivity contribution >= 4 is 29.6 Å². The normalized spacial score (nSPS) is 12.3. The minimum absolute atomic E-state index is 0. The van der Waals surface area contributed by atoms with Gasteiger partial charge in [0.1, 0.15) is 18.2 Å². The molecule has 0 saturated carbocycles. The van der Waals surface area contributed by atoms with Crippen LogP contribution in [0.1, 0.15) is 6.42 Å². The smallest absolute Gasteiger partial charge is 0.260 e. The summed E-state index contributed by atoms with van der Waals surface area (Å²) in [6, 6.07) is 7.14. The molecule has 6 nitrogen and oxygen atoms in total. The second-order valence-electron chi connectivity index (χ2n) is 2.50. The number of rotatable bonds is 2. The summed E-state index contributed by atoms with van der Waals surface area (Å²) in [5, 5.41) is 42.9. The van der Waals surface area contributed by atoms with Crippen LogP contribution >= 0.6 is 0 Å². The number of nitrogens with two attached hydrogens (primary N) is 1. The Morgan fingerprint density at radius 3 is 1.47 bits per heavy atom. The zero-order valence-corrected chi connectivity index (χ0v) is 10.0.